The summed E-state index contributed by atoms with van der Waals surface area (Å²) in [5, 5.41) is 7.76. The van der Waals surface area contributed by atoms with Gasteiger partial charge in [-0.3, -0.25) is 0 Å². The maximum absolute atomic E-state index is 13.5. The Kier molecular flexibility index (Phi) is 7.72. The lowest BCUT2D eigenvalue weighted by atomic mass is 9.79. The van der Waals surface area contributed by atoms with E-state index in [1.165, 1.54) is 0 Å². The molecule has 1 saturated carbocycles. The summed E-state index contributed by atoms with van der Waals surface area (Å²) in [6.07, 6.45) is 5.90. The molecule has 0 bridgehead atoms. The van der Waals surface area contributed by atoms with E-state index in [9.17, 15) is 13.2 Å². The van der Waals surface area contributed by atoms with Crippen LogP contribution in [0, 0.1) is 11.8 Å². The van der Waals surface area contributed by atoms with Gasteiger partial charge in [0.15, 0.2) is 5.82 Å². The summed E-state index contributed by atoms with van der Waals surface area (Å²) in [5.74, 6) is 0.921. The molecule has 3 N–H and O–H groups in total. The van der Waals surface area contributed by atoms with Gasteiger partial charge in [-0.15, -0.1) is 0 Å². The molecule has 1 fully saturated rings. The molecule has 6 nitrogen and oxygen atoms in total. The first-order chi connectivity index (χ1) is 16.7. The second-order valence-electron chi connectivity index (χ2n) is 9.64. The summed E-state index contributed by atoms with van der Waals surface area (Å²) >= 11 is 0. The minimum atomic E-state index is -4.12. The molecule has 1 aliphatic carbocycles. The normalized spacial score (nSPS) is 23.7. The summed E-state index contributed by atoms with van der Waals surface area (Å²) < 4.78 is 47.9. The second kappa shape index (κ2) is 10.7. The van der Waals surface area contributed by atoms with Crippen molar-refractivity contribution in [3.8, 4) is 5.75 Å². The zero-order valence-corrected chi connectivity index (χ0v) is 20.3. The summed E-state index contributed by atoms with van der Waals surface area (Å²) in [6.45, 7) is 2.55. The van der Waals surface area contributed by atoms with Gasteiger partial charge in [0.25, 0.3) is 0 Å². The number of fused-ring (bicyclic) bond motifs is 1. The van der Waals surface area contributed by atoms with E-state index in [0.29, 0.717) is 23.7 Å². The summed E-state index contributed by atoms with van der Waals surface area (Å²) in [7, 11) is 1.61. The highest BCUT2D eigenvalue weighted by Gasteiger charge is 2.43. The van der Waals surface area contributed by atoms with Crippen molar-refractivity contribution in [2.75, 3.05) is 12.4 Å². The fourth-order valence-electron chi connectivity index (χ4n) is 5.27. The first-order valence-electron chi connectivity index (χ1n) is 12.3. The molecule has 0 amide bonds. The number of rotatable bonds is 6. The van der Waals surface area contributed by atoms with Crippen LogP contribution in [0.3, 0.4) is 0 Å². The van der Waals surface area contributed by atoms with Crippen molar-refractivity contribution < 1.29 is 17.9 Å². The van der Waals surface area contributed by atoms with Crippen molar-refractivity contribution in [1.29, 1.82) is 0 Å². The number of hydrogen-bond acceptors (Lipinski definition) is 5. The highest BCUT2D eigenvalue weighted by atomic mass is 19.4. The number of anilines is 1. The molecule has 2 unspecified atom stereocenters. The number of allylic oxidation sites excluding steroid dienone is 1. The number of alkyl halides is 3. The Bertz CT molecular complexity index is 1070. The highest BCUT2D eigenvalue weighted by molar-refractivity contribution is 5.71. The molecule has 4 rings (SSSR count). The quantitative estimate of drug-likeness (QED) is 0.464. The Morgan fingerprint density at radius 1 is 1.17 bits per heavy atom. The lowest BCUT2D eigenvalue weighted by Gasteiger charge is -2.31. The number of aromatic nitrogens is 3. The van der Waals surface area contributed by atoms with Gasteiger partial charge in [0.2, 0.25) is 0 Å². The number of nitrogens with two attached hydrogens (primary N) is 1. The van der Waals surface area contributed by atoms with E-state index >= 15 is 0 Å². The van der Waals surface area contributed by atoms with E-state index in [0.717, 1.165) is 49.3 Å². The summed E-state index contributed by atoms with van der Waals surface area (Å²) in [4.78, 5) is 4.77. The van der Waals surface area contributed by atoms with Gasteiger partial charge in [-0.05, 0) is 68.7 Å². The third-order valence-corrected chi connectivity index (χ3v) is 7.04. The molecule has 0 radical (unpaired) electrons. The van der Waals surface area contributed by atoms with Crippen molar-refractivity contribution in [3.63, 3.8) is 0 Å². The second-order valence-corrected chi connectivity index (χ2v) is 9.64. The fraction of sp³-hybridized carbons (Fsp3) is 0.538. The molecule has 190 valence electrons. The predicted molar refractivity (Wildman–Crippen MR) is 132 cm³/mol. The topological polar surface area (TPSA) is 78.0 Å². The van der Waals surface area contributed by atoms with Crippen molar-refractivity contribution in [3.05, 3.63) is 47.3 Å². The van der Waals surface area contributed by atoms with Crippen molar-refractivity contribution in [2.45, 2.75) is 70.5 Å². The highest BCUT2D eigenvalue weighted by Crippen LogP contribution is 2.45. The maximum atomic E-state index is 13.5. The van der Waals surface area contributed by atoms with Crippen LogP contribution in [-0.2, 0) is 6.54 Å². The number of nitrogens with zero attached hydrogens (tertiary/aromatic N) is 3. The van der Waals surface area contributed by atoms with Crippen LogP contribution in [0.5, 0.6) is 5.75 Å². The lowest BCUT2D eigenvalue weighted by molar-refractivity contribution is -0.180. The molecular formula is C26H34F3N5O. The van der Waals surface area contributed by atoms with Gasteiger partial charge in [0.05, 0.1) is 18.7 Å². The molecular weight excluding hydrogens is 455 g/mol. The summed E-state index contributed by atoms with van der Waals surface area (Å²) in [6, 6.07) is 5.76. The van der Waals surface area contributed by atoms with Crippen LogP contribution in [-0.4, -0.2) is 28.1 Å². The average molecular weight is 490 g/mol. The van der Waals surface area contributed by atoms with Gasteiger partial charge in [-0.25, -0.2) is 9.67 Å². The minimum absolute atomic E-state index is 0.000262. The monoisotopic (exact) mass is 489 g/mol. The van der Waals surface area contributed by atoms with Crippen molar-refractivity contribution >= 4 is 17.8 Å². The third-order valence-electron chi connectivity index (χ3n) is 7.04. The first-order valence-corrected chi connectivity index (χ1v) is 12.3. The molecule has 35 heavy (non-hydrogen) atoms. The molecule has 1 aromatic heterocycles. The van der Waals surface area contributed by atoms with Gasteiger partial charge in [0.1, 0.15) is 11.6 Å². The smallest absolute Gasteiger partial charge is 0.391 e. The molecule has 9 heteroatoms. The van der Waals surface area contributed by atoms with E-state index in [-0.39, 0.29) is 24.7 Å². The van der Waals surface area contributed by atoms with Gasteiger partial charge in [0, 0.05) is 24.4 Å². The van der Waals surface area contributed by atoms with E-state index < -0.39 is 12.1 Å². The molecule has 0 saturated heterocycles. The first kappa shape index (κ1) is 25.1. The molecule has 0 spiro atoms. The van der Waals surface area contributed by atoms with Crippen LogP contribution in [0.2, 0.25) is 0 Å². The molecule has 1 aliphatic heterocycles. The van der Waals surface area contributed by atoms with Gasteiger partial charge >= 0.3 is 6.18 Å². The number of halogens is 3. The van der Waals surface area contributed by atoms with Gasteiger partial charge in [-0.1, -0.05) is 25.0 Å². The van der Waals surface area contributed by atoms with Crippen molar-refractivity contribution in [2.24, 2.45) is 17.6 Å². The number of hydrogen-bond donors (Lipinski definition) is 2. The Morgan fingerprint density at radius 3 is 2.71 bits per heavy atom. The Labute approximate surface area is 204 Å². The van der Waals surface area contributed by atoms with E-state index in [2.05, 4.69) is 10.4 Å². The summed E-state index contributed by atoms with van der Waals surface area (Å²) in [5.41, 5.74) is 8.06. The average Bonchev–Trinajstić information content (AvgIpc) is 3.07. The third kappa shape index (κ3) is 6.18. The van der Waals surface area contributed by atoms with Crippen LogP contribution in [0.25, 0.3) is 12.2 Å². The largest absolute Gasteiger partial charge is 0.495 e. The van der Waals surface area contributed by atoms with Crippen LogP contribution in [0.1, 0.15) is 75.0 Å². The lowest BCUT2D eigenvalue weighted by Crippen LogP contribution is -2.28. The predicted octanol–water partition coefficient (Wildman–Crippen LogP) is 6.33. The number of methoxy groups -OCH3 is 1. The fourth-order valence-corrected chi connectivity index (χ4v) is 5.27. The molecule has 3 atom stereocenters. The SMILES string of the molecule is COc1cc(/C=C/c2nc3n(n2)CCC[C@H]3C2CCCCC(C(F)(F)F)C2)ccc1N/C=C(/C)N. The number of benzene rings is 1. The Morgan fingerprint density at radius 2 is 1.97 bits per heavy atom. The molecule has 2 aromatic rings. The maximum Gasteiger partial charge on any atom is 0.391 e. The van der Waals surface area contributed by atoms with E-state index in [4.69, 9.17) is 15.5 Å². The van der Waals surface area contributed by atoms with E-state index in [1.807, 2.05) is 35.0 Å². The standard InChI is InChI=1S/C26H34F3N5O/c1-17(30)16-31-22-11-9-18(14-23(22)35-2)10-12-24-32-25-21(8-5-13-34(25)33-24)19-6-3-4-7-20(15-19)26(27,28)29/h9-12,14,16,19-21,31H,3-8,13,15,30H2,1-2H3/b12-10+,17-16-/t19?,20?,21-/m0/s1. The van der Waals surface area contributed by atoms with Crippen LogP contribution in [0.4, 0.5) is 18.9 Å². The van der Waals surface area contributed by atoms with Gasteiger partial charge in [-0.2, -0.15) is 18.3 Å². The number of nitrogens with one attached hydrogen (secondary N) is 1. The minimum Gasteiger partial charge on any atom is -0.495 e. The number of aryl methyl sites for hydroxylation is 1. The van der Waals surface area contributed by atoms with E-state index in [1.54, 1.807) is 20.2 Å². The zero-order valence-electron chi connectivity index (χ0n) is 20.3. The number of ether oxygens (including phenoxy) is 1. The molecule has 2 aliphatic rings. The van der Waals surface area contributed by atoms with Crippen LogP contribution in [0.15, 0.2) is 30.1 Å². The van der Waals surface area contributed by atoms with Crippen LogP contribution < -0.4 is 15.8 Å². The van der Waals surface area contributed by atoms with Gasteiger partial charge < -0.3 is 15.8 Å². The molecule has 2 heterocycles. The van der Waals surface area contributed by atoms with Crippen molar-refractivity contribution in [1.82, 2.24) is 14.8 Å². The van der Waals surface area contributed by atoms with Crippen LogP contribution >= 0.6 is 0 Å². The Hall–Kier alpha value is -2.97. The molecule has 1 aromatic carbocycles. The Balaban J connectivity index is 1.52. The zero-order chi connectivity index (χ0) is 25.0.